The normalized spacial score (nSPS) is 13.6. The highest BCUT2D eigenvalue weighted by Crippen LogP contribution is 2.27. The molecule has 0 saturated heterocycles. The zero-order valence-corrected chi connectivity index (χ0v) is 16.4. The van der Waals surface area contributed by atoms with Gasteiger partial charge in [-0.05, 0) is 30.3 Å². The smallest absolute Gasteiger partial charge is 0.270 e. The van der Waals surface area contributed by atoms with Gasteiger partial charge in [-0.15, -0.1) is 0 Å². The number of aromatic amines is 1. The van der Waals surface area contributed by atoms with E-state index in [-0.39, 0.29) is 11.2 Å². The molecular formula is C21H21N5O4. The number of rotatable bonds is 5. The molecule has 1 aromatic heterocycles. The van der Waals surface area contributed by atoms with Crippen LogP contribution in [0.25, 0.3) is 11.4 Å². The number of nitrogens with zero attached hydrogens (tertiary/aromatic N) is 3. The minimum absolute atomic E-state index is 0.0101. The summed E-state index contributed by atoms with van der Waals surface area (Å²) in [5.41, 5.74) is 9.10. The lowest BCUT2D eigenvalue weighted by Gasteiger charge is -2.28. The standard InChI is InChI=1S/C21H21N5O4/c1-30-19-7-6-16(26(28)29)10-14(19)11-25-9-8-18-17(12-25)21(27)24-20(23-18)13-2-4-15(22)5-3-13/h2-7,10H,8-9,11-12,22H2,1H3,(H,23,24,27). The number of methoxy groups -OCH3 is 1. The molecule has 0 fully saturated rings. The highest BCUT2D eigenvalue weighted by atomic mass is 16.6. The minimum Gasteiger partial charge on any atom is -0.496 e. The van der Waals surface area contributed by atoms with Crippen molar-refractivity contribution in [1.29, 1.82) is 0 Å². The van der Waals surface area contributed by atoms with E-state index in [1.165, 1.54) is 19.2 Å². The lowest BCUT2D eigenvalue weighted by atomic mass is 10.0. The number of H-pyrrole nitrogens is 1. The van der Waals surface area contributed by atoms with Gasteiger partial charge in [0.2, 0.25) is 0 Å². The number of nitrogens with one attached hydrogen (secondary N) is 1. The van der Waals surface area contributed by atoms with Gasteiger partial charge in [-0.25, -0.2) is 4.98 Å². The molecule has 0 atom stereocenters. The van der Waals surface area contributed by atoms with Crippen molar-refractivity contribution >= 4 is 11.4 Å². The maximum Gasteiger partial charge on any atom is 0.270 e. The number of ether oxygens (including phenoxy) is 1. The molecule has 9 heteroatoms. The van der Waals surface area contributed by atoms with E-state index in [1.807, 2.05) is 12.1 Å². The van der Waals surface area contributed by atoms with E-state index in [0.29, 0.717) is 54.4 Å². The largest absolute Gasteiger partial charge is 0.496 e. The Bertz CT molecular complexity index is 1160. The van der Waals surface area contributed by atoms with E-state index in [2.05, 4.69) is 14.9 Å². The predicted molar refractivity (Wildman–Crippen MR) is 112 cm³/mol. The van der Waals surface area contributed by atoms with E-state index >= 15 is 0 Å². The first kappa shape index (κ1) is 19.6. The molecule has 1 aliphatic rings. The van der Waals surface area contributed by atoms with Crippen molar-refractivity contribution in [1.82, 2.24) is 14.9 Å². The van der Waals surface area contributed by atoms with Gasteiger partial charge in [-0.3, -0.25) is 19.8 Å². The van der Waals surface area contributed by atoms with Gasteiger partial charge in [0.15, 0.2) is 0 Å². The molecule has 4 rings (SSSR count). The average molecular weight is 407 g/mol. The summed E-state index contributed by atoms with van der Waals surface area (Å²) < 4.78 is 5.35. The molecule has 3 N–H and O–H groups in total. The summed E-state index contributed by atoms with van der Waals surface area (Å²) >= 11 is 0. The number of hydrogen-bond acceptors (Lipinski definition) is 7. The molecule has 0 radical (unpaired) electrons. The number of nitrogen functional groups attached to an aromatic ring is 1. The number of nitrogens with two attached hydrogens (primary N) is 1. The van der Waals surface area contributed by atoms with Crippen molar-refractivity contribution in [3.8, 4) is 17.1 Å². The Morgan fingerprint density at radius 3 is 2.73 bits per heavy atom. The summed E-state index contributed by atoms with van der Waals surface area (Å²) in [7, 11) is 1.53. The van der Waals surface area contributed by atoms with Crippen LogP contribution in [0.2, 0.25) is 0 Å². The summed E-state index contributed by atoms with van der Waals surface area (Å²) in [6, 6.07) is 11.7. The number of non-ortho nitro benzene ring substituents is 1. The quantitative estimate of drug-likeness (QED) is 0.378. The summed E-state index contributed by atoms with van der Waals surface area (Å²) in [6.07, 6.45) is 0.610. The third-order valence-corrected chi connectivity index (χ3v) is 5.20. The molecule has 0 aliphatic carbocycles. The number of hydrogen-bond donors (Lipinski definition) is 2. The van der Waals surface area contributed by atoms with Crippen molar-refractivity contribution in [3.05, 3.63) is 79.8 Å². The van der Waals surface area contributed by atoms with Crippen LogP contribution in [0.4, 0.5) is 11.4 Å². The molecule has 9 nitrogen and oxygen atoms in total. The van der Waals surface area contributed by atoms with Crippen LogP contribution in [0.1, 0.15) is 16.8 Å². The number of nitro groups is 1. The topological polar surface area (TPSA) is 127 Å². The van der Waals surface area contributed by atoms with E-state index < -0.39 is 4.92 Å². The molecule has 154 valence electrons. The van der Waals surface area contributed by atoms with Gasteiger partial charge in [0, 0.05) is 55.0 Å². The van der Waals surface area contributed by atoms with Gasteiger partial charge >= 0.3 is 0 Å². The van der Waals surface area contributed by atoms with Crippen molar-refractivity contribution in [2.45, 2.75) is 19.5 Å². The third-order valence-electron chi connectivity index (χ3n) is 5.20. The number of nitro benzene ring substituents is 1. The van der Waals surface area contributed by atoms with Crippen LogP contribution in [0.3, 0.4) is 0 Å². The SMILES string of the molecule is COc1ccc([N+](=O)[O-])cc1CN1CCc2nc(-c3ccc(N)cc3)[nH]c(=O)c2C1. The Hall–Kier alpha value is -3.72. The van der Waals surface area contributed by atoms with Gasteiger partial charge in [0.25, 0.3) is 11.2 Å². The maximum atomic E-state index is 12.7. The molecule has 1 aliphatic heterocycles. The van der Waals surface area contributed by atoms with E-state index in [1.54, 1.807) is 18.2 Å². The number of fused-ring (bicyclic) bond motifs is 1. The molecule has 2 heterocycles. The zero-order chi connectivity index (χ0) is 21.3. The Labute approximate surface area is 172 Å². The first-order valence-electron chi connectivity index (χ1n) is 9.46. The second-order valence-electron chi connectivity index (χ2n) is 7.18. The molecule has 2 aromatic carbocycles. The summed E-state index contributed by atoms with van der Waals surface area (Å²) in [4.78, 5) is 33.0. The van der Waals surface area contributed by atoms with Crippen LogP contribution < -0.4 is 16.0 Å². The zero-order valence-electron chi connectivity index (χ0n) is 16.4. The highest BCUT2D eigenvalue weighted by Gasteiger charge is 2.23. The number of aromatic nitrogens is 2. The number of benzene rings is 2. The van der Waals surface area contributed by atoms with Gasteiger partial charge in [-0.1, -0.05) is 0 Å². The molecular weight excluding hydrogens is 386 g/mol. The molecule has 0 unspecified atom stereocenters. The monoisotopic (exact) mass is 407 g/mol. The second kappa shape index (κ2) is 7.96. The summed E-state index contributed by atoms with van der Waals surface area (Å²) in [5, 5.41) is 11.1. The second-order valence-corrected chi connectivity index (χ2v) is 7.18. The molecule has 0 bridgehead atoms. The van der Waals surface area contributed by atoms with Crippen LogP contribution in [0, 0.1) is 10.1 Å². The predicted octanol–water partition coefficient (Wildman–Crippen LogP) is 2.49. The van der Waals surface area contributed by atoms with Crippen LogP contribution in [-0.2, 0) is 19.5 Å². The Morgan fingerprint density at radius 1 is 1.27 bits per heavy atom. The minimum atomic E-state index is -0.429. The highest BCUT2D eigenvalue weighted by molar-refractivity contribution is 5.58. The van der Waals surface area contributed by atoms with Crippen molar-refractivity contribution in [2.75, 3.05) is 19.4 Å². The van der Waals surface area contributed by atoms with E-state index in [4.69, 9.17) is 10.5 Å². The van der Waals surface area contributed by atoms with E-state index in [9.17, 15) is 14.9 Å². The maximum absolute atomic E-state index is 12.7. The fourth-order valence-corrected chi connectivity index (χ4v) is 3.64. The number of anilines is 1. The average Bonchev–Trinajstić information content (AvgIpc) is 2.74. The summed E-state index contributed by atoms with van der Waals surface area (Å²) in [5.74, 6) is 1.10. The van der Waals surface area contributed by atoms with Gasteiger partial charge < -0.3 is 15.5 Å². The Balaban J connectivity index is 1.59. The van der Waals surface area contributed by atoms with Crippen LogP contribution in [0.15, 0.2) is 47.3 Å². The lowest BCUT2D eigenvalue weighted by molar-refractivity contribution is -0.385. The third kappa shape index (κ3) is 3.87. The van der Waals surface area contributed by atoms with Gasteiger partial charge in [0.1, 0.15) is 11.6 Å². The van der Waals surface area contributed by atoms with Gasteiger partial charge in [-0.2, -0.15) is 0 Å². The fraction of sp³-hybridized carbons (Fsp3) is 0.238. The summed E-state index contributed by atoms with van der Waals surface area (Å²) in [6.45, 7) is 1.52. The Kier molecular flexibility index (Phi) is 5.20. The van der Waals surface area contributed by atoms with Gasteiger partial charge in [0.05, 0.1) is 23.3 Å². The first-order valence-corrected chi connectivity index (χ1v) is 9.46. The van der Waals surface area contributed by atoms with E-state index in [0.717, 1.165) is 11.3 Å². The Morgan fingerprint density at radius 2 is 2.03 bits per heavy atom. The molecule has 3 aromatic rings. The van der Waals surface area contributed by atoms with Crippen LogP contribution >= 0.6 is 0 Å². The van der Waals surface area contributed by atoms with Crippen molar-refractivity contribution < 1.29 is 9.66 Å². The van der Waals surface area contributed by atoms with Crippen molar-refractivity contribution in [2.24, 2.45) is 0 Å². The molecule has 0 spiro atoms. The lowest BCUT2D eigenvalue weighted by Crippen LogP contribution is -2.35. The fourth-order valence-electron chi connectivity index (χ4n) is 3.64. The molecule has 0 saturated carbocycles. The van der Waals surface area contributed by atoms with Crippen molar-refractivity contribution in [3.63, 3.8) is 0 Å². The first-order chi connectivity index (χ1) is 14.4. The van der Waals surface area contributed by atoms with Crippen LogP contribution in [0.5, 0.6) is 5.75 Å². The van der Waals surface area contributed by atoms with Crippen LogP contribution in [-0.4, -0.2) is 33.4 Å². The molecule has 0 amide bonds. The molecule has 30 heavy (non-hydrogen) atoms.